The van der Waals surface area contributed by atoms with Gasteiger partial charge in [-0.3, -0.25) is 4.98 Å². The highest BCUT2D eigenvalue weighted by Gasteiger charge is 2.04. The highest BCUT2D eigenvalue weighted by Crippen LogP contribution is 2.20. The molecule has 2 aromatic rings. The molecule has 0 atom stereocenters. The van der Waals surface area contributed by atoms with E-state index in [9.17, 15) is 0 Å². The number of hydrogen-bond donors (Lipinski definition) is 1. The van der Waals surface area contributed by atoms with Gasteiger partial charge in [-0.25, -0.2) is 0 Å². The molecule has 0 aliphatic rings. The topological polar surface area (TPSA) is 48.1 Å². The summed E-state index contributed by atoms with van der Waals surface area (Å²) in [6.45, 7) is 0.881. The van der Waals surface area contributed by atoms with Crippen molar-refractivity contribution < 1.29 is 4.74 Å². The van der Waals surface area contributed by atoms with Gasteiger partial charge < -0.3 is 10.5 Å². The Balaban J connectivity index is 2.10. The predicted molar refractivity (Wildman–Crippen MR) is 70.6 cm³/mol. The largest absolute Gasteiger partial charge is 0.487 e. The van der Waals surface area contributed by atoms with Crippen LogP contribution in [0.15, 0.2) is 47.1 Å². The molecule has 0 saturated heterocycles. The lowest BCUT2D eigenvalue weighted by Crippen LogP contribution is -2.04. The van der Waals surface area contributed by atoms with Crippen LogP contribution in [0.3, 0.4) is 0 Å². The molecular weight excluding hydrogens is 280 g/mol. The van der Waals surface area contributed by atoms with E-state index >= 15 is 0 Å². The standard InChI is InChI=1S/C13H13BrN2O/c14-11-5-2-1-4-10(11)9-17-13-6-3-7-16-12(13)8-15/h1-7H,8-9,15H2. The molecule has 0 aliphatic heterocycles. The molecule has 4 heteroatoms. The average Bonchev–Trinajstić information content (AvgIpc) is 2.38. The van der Waals surface area contributed by atoms with Gasteiger partial charge in [0, 0.05) is 22.8 Å². The monoisotopic (exact) mass is 292 g/mol. The van der Waals surface area contributed by atoms with E-state index in [1.807, 2.05) is 36.4 Å². The minimum atomic E-state index is 0.381. The first-order valence-electron chi connectivity index (χ1n) is 5.31. The van der Waals surface area contributed by atoms with Crippen molar-refractivity contribution in [1.82, 2.24) is 4.98 Å². The molecule has 0 saturated carbocycles. The number of hydrogen-bond acceptors (Lipinski definition) is 3. The second-order valence-corrected chi connectivity index (χ2v) is 4.39. The number of nitrogens with zero attached hydrogens (tertiary/aromatic N) is 1. The summed E-state index contributed by atoms with van der Waals surface area (Å²) in [7, 11) is 0. The van der Waals surface area contributed by atoms with Gasteiger partial charge in [0.15, 0.2) is 0 Å². The van der Waals surface area contributed by atoms with Gasteiger partial charge in [0.25, 0.3) is 0 Å². The minimum Gasteiger partial charge on any atom is -0.487 e. The number of rotatable bonds is 4. The third kappa shape index (κ3) is 3.05. The van der Waals surface area contributed by atoms with Crippen LogP contribution in [0.5, 0.6) is 5.75 Å². The van der Waals surface area contributed by atoms with E-state index in [1.54, 1.807) is 6.20 Å². The molecule has 0 aliphatic carbocycles. The number of halogens is 1. The van der Waals surface area contributed by atoms with Crippen LogP contribution in [0.25, 0.3) is 0 Å². The highest BCUT2D eigenvalue weighted by atomic mass is 79.9. The number of nitrogens with two attached hydrogens (primary N) is 1. The number of aromatic nitrogens is 1. The van der Waals surface area contributed by atoms with Gasteiger partial charge in [-0.2, -0.15) is 0 Å². The Hall–Kier alpha value is -1.39. The summed E-state index contributed by atoms with van der Waals surface area (Å²) < 4.78 is 6.76. The zero-order valence-corrected chi connectivity index (χ0v) is 10.9. The van der Waals surface area contributed by atoms with E-state index in [1.165, 1.54) is 0 Å². The molecule has 0 amide bonds. The second-order valence-electron chi connectivity index (χ2n) is 3.53. The van der Waals surface area contributed by atoms with Crippen molar-refractivity contribution in [1.29, 1.82) is 0 Å². The fraction of sp³-hybridized carbons (Fsp3) is 0.154. The Bertz CT molecular complexity index is 502. The number of ether oxygens (including phenoxy) is 1. The molecule has 0 unspecified atom stereocenters. The lowest BCUT2D eigenvalue weighted by atomic mass is 10.2. The van der Waals surface area contributed by atoms with Crippen molar-refractivity contribution in [3.05, 3.63) is 58.3 Å². The summed E-state index contributed by atoms with van der Waals surface area (Å²) >= 11 is 3.49. The first-order valence-corrected chi connectivity index (χ1v) is 6.10. The van der Waals surface area contributed by atoms with E-state index in [4.69, 9.17) is 10.5 Å². The highest BCUT2D eigenvalue weighted by molar-refractivity contribution is 9.10. The molecule has 0 fully saturated rings. The van der Waals surface area contributed by atoms with Gasteiger partial charge in [-0.15, -0.1) is 0 Å². The van der Waals surface area contributed by atoms with Crippen LogP contribution in [-0.4, -0.2) is 4.98 Å². The van der Waals surface area contributed by atoms with Gasteiger partial charge in [0.05, 0.1) is 5.69 Å². The van der Waals surface area contributed by atoms with E-state index in [-0.39, 0.29) is 0 Å². The molecule has 0 spiro atoms. The summed E-state index contributed by atoms with van der Waals surface area (Å²) in [5.41, 5.74) is 7.47. The second kappa shape index (κ2) is 5.80. The maximum absolute atomic E-state index is 5.72. The average molecular weight is 293 g/mol. The van der Waals surface area contributed by atoms with E-state index in [0.717, 1.165) is 21.5 Å². The lowest BCUT2D eigenvalue weighted by molar-refractivity contribution is 0.300. The smallest absolute Gasteiger partial charge is 0.142 e. The zero-order chi connectivity index (χ0) is 12.1. The lowest BCUT2D eigenvalue weighted by Gasteiger charge is -2.10. The van der Waals surface area contributed by atoms with Crippen LogP contribution in [0.2, 0.25) is 0 Å². The summed E-state index contributed by atoms with van der Waals surface area (Å²) in [5, 5.41) is 0. The Kier molecular flexibility index (Phi) is 4.12. The number of benzene rings is 1. The molecule has 0 bridgehead atoms. The molecule has 17 heavy (non-hydrogen) atoms. The molecule has 1 heterocycles. The van der Waals surface area contributed by atoms with Crippen LogP contribution in [0.1, 0.15) is 11.3 Å². The molecule has 0 radical (unpaired) electrons. The van der Waals surface area contributed by atoms with Crippen molar-refractivity contribution in [3.63, 3.8) is 0 Å². The van der Waals surface area contributed by atoms with Crippen LogP contribution in [-0.2, 0) is 13.2 Å². The molecule has 2 N–H and O–H groups in total. The zero-order valence-electron chi connectivity index (χ0n) is 9.27. The third-order valence-corrected chi connectivity index (χ3v) is 3.16. The Labute approximate surface area is 109 Å². The first-order chi connectivity index (χ1) is 8.31. The fourth-order valence-corrected chi connectivity index (χ4v) is 1.88. The molecule has 1 aromatic heterocycles. The quantitative estimate of drug-likeness (QED) is 0.943. The first kappa shape index (κ1) is 12.1. The molecule has 1 aromatic carbocycles. The SMILES string of the molecule is NCc1ncccc1OCc1ccccc1Br. The molecule has 88 valence electrons. The Morgan fingerprint density at radius 1 is 1.18 bits per heavy atom. The summed E-state index contributed by atoms with van der Waals surface area (Å²) in [5.74, 6) is 0.741. The Morgan fingerprint density at radius 2 is 2.00 bits per heavy atom. The van der Waals surface area contributed by atoms with Crippen molar-refractivity contribution >= 4 is 15.9 Å². The molecule has 3 nitrogen and oxygen atoms in total. The van der Waals surface area contributed by atoms with E-state index in [2.05, 4.69) is 20.9 Å². The van der Waals surface area contributed by atoms with Crippen molar-refractivity contribution in [3.8, 4) is 5.75 Å². The summed E-state index contributed by atoms with van der Waals surface area (Å²) in [6, 6.07) is 11.7. The Morgan fingerprint density at radius 3 is 2.76 bits per heavy atom. The summed E-state index contributed by atoms with van der Waals surface area (Å²) in [6.07, 6.45) is 1.72. The third-order valence-electron chi connectivity index (χ3n) is 2.38. The number of pyridine rings is 1. The minimum absolute atomic E-state index is 0.381. The van der Waals surface area contributed by atoms with Crippen LogP contribution >= 0.6 is 15.9 Å². The molecule has 2 rings (SSSR count). The van der Waals surface area contributed by atoms with E-state index < -0.39 is 0 Å². The maximum Gasteiger partial charge on any atom is 0.142 e. The van der Waals surface area contributed by atoms with Gasteiger partial charge >= 0.3 is 0 Å². The van der Waals surface area contributed by atoms with Crippen LogP contribution in [0.4, 0.5) is 0 Å². The van der Waals surface area contributed by atoms with Crippen molar-refractivity contribution in [2.75, 3.05) is 0 Å². The van der Waals surface area contributed by atoms with Crippen molar-refractivity contribution in [2.24, 2.45) is 5.73 Å². The van der Waals surface area contributed by atoms with Gasteiger partial charge in [-0.1, -0.05) is 34.1 Å². The van der Waals surface area contributed by atoms with Crippen LogP contribution < -0.4 is 10.5 Å². The maximum atomic E-state index is 5.72. The van der Waals surface area contributed by atoms with Crippen molar-refractivity contribution in [2.45, 2.75) is 13.2 Å². The predicted octanol–water partition coefficient (Wildman–Crippen LogP) is 2.88. The van der Waals surface area contributed by atoms with Crippen LogP contribution in [0, 0.1) is 0 Å². The van der Waals surface area contributed by atoms with E-state index in [0.29, 0.717) is 13.2 Å². The van der Waals surface area contributed by atoms with Gasteiger partial charge in [0.2, 0.25) is 0 Å². The fourth-order valence-electron chi connectivity index (χ4n) is 1.48. The van der Waals surface area contributed by atoms with Gasteiger partial charge in [0.1, 0.15) is 12.4 Å². The normalized spacial score (nSPS) is 10.2. The summed E-state index contributed by atoms with van der Waals surface area (Å²) in [4.78, 5) is 4.17. The van der Waals surface area contributed by atoms with Gasteiger partial charge in [-0.05, 0) is 18.2 Å². The molecular formula is C13H13BrN2O.